The van der Waals surface area contributed by atoms with Gasteiger partial charge in [-0.1, -0.05) is 63.0 Å². The van der Waals surface area contributed by atoms with Crippen LogP contribution in [0.4, 0.5) is 35.1 Å². The van der Waals surface area contributed by atoms with Gasteiger partial charge in [-0.2, -0.15) is 8.78 Å². The molecule has 4 aromatic carbocycles. The lowest BCUT2D eigenvalue weighted by molar-refractivity contribution is -0.187. The predicted octanol–water partition coefficient (Wildman–Crippen LogP) is 12.9. The molecule has 5 rings (SSSR count). The van der Waals surface area contributed by atoms with E-state index in [1.807, 2.05) is 0 Å². The zero-order valence-electron chi connectivity index (χ0n) is 27.2. The number of hydrogen-bond acceptors (Lipinski definition) is 1. The quantitative estimate of drug-likeness (QED) is 0.0589. The fourth-order valence-corrected chi connectivity index (χ4v) is 6.47. The monoisotopic (exact) mass is 686 g/mol. The van der Waals surface area contributed by atoms with Gasteiger partial charge in [0, 0.05) is 17.2 Å². The third-order valence-corrected chi connectivity index (χ3v) is 9.22. The number of aryl methyl sites for hydroxylation is 1. The van der Waals surface area contributed by atoms with E-state index in [-0.39, 0.29) is 22.3 Å². The smallest absolute Gasteiger partial charge is 0.429 e. The van der Waals surface area contributed by atoms with Gasteiger partial charge in [-0.25, -0.2) is 26.3 Å². The Bertz CT molecular complexity index is 1750. The molecule has 1 aliphatic carbocycles. The zero-order valence-corrected chi connectivity index (χ0v) is 27.2. The third kappa shape index (κ3) is 9.11. The van der Waals surface area contributed by atoms with Crippen LogP contribution >= 0.6 is 0 Å². The van der Waals surface area contributed by atoms with E-state index in [1.165, 1.54) is 63.5 Å². The maximum absolute atomic E-state index is 15.0. The Morgan fingerprint density at radius 1 is 0.694 bits per heavy atom. The molecule has 0 heterocycles. The highest BCUT2D eigenvalue weighted by Gasteiger charge is 2.38. The Kier molecular flexibility index (Phi) is 11.8. The van der Waals surface area contributed by atoms with Gasteiger partial charge in [0.2, 0.25) is 0 Å². The van der Waals surface area contributed by atoms with Crippen LogP contribution in [0.1, 0.15) is 75.8 Å². The van der Waals surface area contributed by atoms with Crippen LogP contribution in [0.3, 0.4) is 0 Å². The molecule has 0 radical (unpaired) electrons. The number of benzene rings is 4. The molecule has 260 valence electrons. The SMILES string of the molecule is CCCCCC1CCC(/C=C/CCc2ccc(C(F)(F)Oc3ccc(-c4ccc(-c5cc(F)c(F)c(F)c5)c(F)c4)c(F)c3)c(F)c2)CC1. The van der Waals surface area contributed by atoms with Crippen LogP contribution in [0.15, 0.2) is 78.9 Å². The van der Waals surface area contributed by atoms with Gasteiger partial charge in [-0.15, -0.1) is 0 Å². The zero-order chi connectivity index (χ0) is 35.1. The van der Waals surface area contributed by atoms with Crippen molar-refractivity contribution in [2.75, 3.05) is 0 Å². The van der Waals surface area contributed by atoms with Crippen LogP contribution < -0.4 is 4.74 Å². The average Bonchev–Trinajstić information content (AvgIpc) is 3.06. The van der Waals surface area contributed by atoms with E-state index in [0.29, 0.717) is 42.5 Å². The minimum Gasteiger partial charge on any atom is -0.429 e. The lowest BCUT2D eigenvalue weighted by Crippen LogP contribution is -2.23. The molecule has 0 aliphatic heterocycles. The van der Waals surface area contributed by atoms with Gasteiger partial charge in [0.15, 0.2) is 17.5 Å². The van der Waals surface area contributed by atoms with Gasteiger partial charge in [0.1, 0.15) is 23.2 Å². The standard InChI is InChI=1S/C40H38F8O/c1-2-3-4-7-25-10-12-26(13-11-25)8-5-6-9-27-14-19-33(36(43)20-27)40(47,48)49-30-16-18-31(35(42)24-30)28-15-17-32(34(41)21-28)29-22-37(44)39(46)38(45)23-29/h5,8,14-26H,2-4,6-7,9-13H2,1H3/b8-5+. The summed E-state index contributed by atoms with van der Waals surface area (Å²) < 4.78 is 120. The number of allylic oxidation sites excluding steroid dienone is 2. The normalized spacial score (nSPS) is 16.8. The number of alkyl halides is 2. The lowest BCUT2D eigenvalue weighted by atomic mass is 9.79. The molecule has 0 atom stereocenters. The topological polar surface area (TPSA) is 9.23 Å². The first kappa shape index (κ1) is 36.1. The van der Waals surface area contributed by atoms with E-state index in [1.54, 1.807) is 0 Å². The molecule has 49 heavy (non-hydrogen) atoms. The molecule has 1 saturated carbocycles. The highest BCUT2D eigenvalue weighted by Crippen LogP contribution is 2.37. The number of rotatable bonds is 13. The van der Waals surface area contributed by atoms with E-state index in [4.69, 9.17) is 4.74 Å². The second-order valence-electron chi connectivity index (χ2n) is 12.8. The van der Waals surface area contributed by atoms with Crippen LogP contribution in [0.2, 0.25) is 0 Å². The van der Waals surface area contributed by atoms with E-state index < -0.39 is 52.3 Å². The van der Waals surface area contributed by atoms with E-state index >= 15 is 13.2 Å². The summed E-state index contributed by atoms with van der Waals surface area (Å²) >= 11 is 0. The summed E-state index contributed by atoms with van der Waals surface area (Å²) in [6.45, 7) is 2.22. The van der Waals surface area contributed by atoms with Crippen LogP contribution in [0, 0.1) is 46.7 Å². The van der Waals surface area contributed by atoms with E-state index in [9.17, 15) is 22.0 Å². The Morgan fingerprint density at radius 2 is 1.35 bits per heavy atom. The molecule has 0 aromatic heterocycles. The second-order valence-corrected chi connectivity index (χ2v) is 12.8. The van der Waals surface area contributed by atoms with Crippen molar-refractivity contribution in [3.63, 3.8) is 0 Å². The molecule has 1 nitrogen and oxygen atoms in total. The second kappa shape index (κ2) is 16.0. The van der Waals surface area contributed by atoms with Gasteiger partial charge >= 0.3 is 6.11 Å². The Hall–Kier alpha value is -4.14. The van der Waals surface area contributed by atoms with Crippen molar-refractivity contribution in [2.45, 2.75) is 77.2 Å². The van der Waals surface area contributed by atoms with Gasteiger partial charge < -0.3 is 4.74 Å². The fraction of sp³-hybridized carbons (Fsp3) is 0.350. The van der Waals surface area contributed by atoms with Crippen molar-refractivity contribution in [3.8, 4) is 28.0 Å². The molecule has 0 saturated heterocycles. The van der Waals surface area contributed by atoms with Gasteiger partial charge in [-0.05, 0) is 110 Å². The Labute approximate surface area is 281 Å². The lowest BCUT2D eigenvalue weighted by Gasteiger charge is -2.26. The summed E-state index contributed by atoms with van der Waals surface area (Å²) in [6.07, 6.45) is 11.3. The number of ether oxygens (including phenoxy) is 1. The maximum atomic E-state index is 15.0. The number of unbranched alkanes of at least 4 members (excludes halogenated alkanes) is 2. The van der Waals surface area contributed by atoms with Crippen LogP contribution in [0.5, 0.6) is 5.75 Å². The molecule has 9 heteroatoms. The van der Waals surface area contributed by atoms with Gasteiger partial charge in [0.25, 0.3) is 0 Å². The van der Waals surface area contributed by atoms with Crippen LogP contribution in [-0.2, 0) is 12.5 Å². The van der Waals surface area contributed by atoms with E-state index in [0.717, 1.165) is 42.3 Å². The summed E-state index contributed by atoms with van der Waals surface area (Å²) in [5, 5.41) is 0. The summed E-state index contributed by atoms with van der Waals surface area (Å²) in [6, 6.07) is 10.7. The average molecular weight is 687 g/mol. The van der Waals surface area contributed by atoms with Gasteiger partial charge in [-0.3, -0.25) is 0 Å². The highest BCUT2D eigenvalue weighted by molar-refractivity contribution is 5.72. The largest absolute Gasteiger partial charge is 0.429 e. The molecular weight excluding hydrogens is 648 g/mol. The molecule has 0 amide bonds. The minimum absolute atomic E-state index is 0.0122. The fourth-order valence-electron chi connectivity index (χ4n) is 6.47. The van der Waals surface area contributed by atoms with Crippen LogP contribution in [-0.4, -0.2) is 0 Å². The summed E-state index contributed by atoms with van der Waals surface area (Å²) in [7, 11) is 0. The molecular formula is C40H38F8O. The molecule has 1 fully saturated rings. The summed E-state index contributed by atoms with van der Waals surface area (Å²) in [5.74, 6) is -7.10. The number of hydrogen-bond donors (Lipinski definition) is 0. The van der Waals surface area contributed by atoms with Gasteiger partial charge in [0.05, 0.1) is 5.56 Å². The van der Waals surface area contributed by atoms with Crippen LogP contribution in [0.25, 0.3) is 22.3 Å². The van der Waals surface area contributed by atoms with Crippen molar-refractivity contribution < 1.29 is 39.9 Å². The first-order valence-corrected chi connectivity index (χ1v) is 16.7. The van der Waals surface area contributed by atoms with E-state index in [2.05, 4.69) is 19.1 Å². The first-order chi connectivity index (χ1) is 23.4. The Morgan fingerprint density at radius 3 is 2.00 bits per heavy atom. The molecule has 1 aliphatic rings. The third-order valence-electron chi connectivity index (χ3n) is 9.22. The number of halogens is 8. The maximum Gasteiger partial charge on any atom is 0.429 e. The molecule has 4 aromatic rings. The predicted molar refractivity (Wildman–Crippen MR) is 175 cm³/mol. The molecule has 0 bridgehead atoms. The van der Waals surface area contributed by atoms with Crippen molar-refractivity contribution in [2.24, 2.45) is 11.8 Å². The molecule has 0 unspecified atom stereocenters. The molecule has 0 spiro atoms. The van der Waals surface area contributed by atoms with Crippen molar-refractivity contribution in [1.82, 2.24) is 0 Å². The summed E-state index contributed by atoms with van der Waals surface area (Å²) in [4.78, 5) is 0. The highest BCUT2D eigenvalue weighted by atomic mass is 19.3. The Balaban J connectivity index is 1.18. The first-order valence-electron chi connectivity index (χ1n) is 16.7. The molecule has 0 N–H and O–H groups in total. The summed E-state index contributed by atoms with van der Waals surface area (Å²) in [5.41, 5.74) is -1.18. The minimum atomic E-state index is -4.13. The van der Waals surface area contributed by atoms with Crippen molar-refractivity contribution in [1.29, 1.82) is 0 Å². The van der Waals surface area contributed by atoms with Crippen molar-refractivity contribution in [3.05, 3.63) is 125 Å². The van der Waals surface area contributed by atoms with Crippen molar-refractivity contribution >= 4 is 0 Å².